The molecule has 1 N–H and O–H groups in total. The molecular formula is C15H19FN2S. The summed E-state index contributed by atoms with van der Waals surface area (Å²) in [5, 5.41) is 5.10. The third kappa shape index (κ3) is 2.96. The summed E-state index contributed by atoms with van der Waals surface area (Å²) in [7, 11) is 3.84. The van der Waals surface area contributed by atoms with E-state index in [1.807, 2.05) is 26.2 Å². The molecular weight excluding hydrogens is 259 g/mol. The first kappa shape index (κ1) is 14.0. The quantitative estimate of drug-likeness (QED) is 0.895. The van der Waals surface area contributed by atoms with Gasteiger partial charge in [-0.2, -0.15) is 0 Å². The average Bonchev–Trinajstić information content (AvgIpc) is 2.93. The molecule has 2 nitrogen and oxygen atoms in total. The Labute approximate surface area is 117 Å². The third-order valence-corrected chi connectivity index (χ3v) is 4.41. The monoisotopic (exact) mass is 278 g/mol. The highest BCUT2D eigenvalue weighted by atomic mass is 32.1. The maximum Gasteiger partial charge on any atom is 0.129 e. The van der Waals surface area contributed by atoms with Crippen molar-refractivity contribution in [3.8, 4) is 0 Å². The first-order valence-corrected chi connectivity index (χ1v) is 7.21. The fraction of sp³-hybridized carbons (Fsp3) is 0.333. The van der Waals surface area contributed by atoms with E-state index in [0.717, 1.165) is 11.3 Å². The molecule has 0 saturated heterocycles. The lowest BCUT2D eigenvalue weighted by Gasteiger charge is -2.28. The van der Waals surface area contributed by atoms with Crippen LogP contribution >= 0.6 is 11.3 Å². The zero-order chi connectivity index (χ0) is 13.8. The normalized spacial score (nSPS) is 12.4. The molecule has 0 amide bonds. The molecule has 0 saturated carbocycles. The van der Waals surface area contributed by atoms with Crippen LogP contribution in [-0.2, 0) is 6.54 Å². The Morgan fingerprint density at radius 3 is 2.74 bits per heavy atom. The van der Waals surface area contributed by atoms with Crippen LogP contribution in [0.3, 0.4) is 0 Å². The molecule has 0 spiro atoms. The molecule has 0 radical (unpaired) electrons. The molecule has 1 aromatic heterocycles. The van der Waals surface area contributed by atoms with E-state index in [2.05, 4.69) is 28.6 Å². The van der Waals surface area contributed by atoms with Crippen molar-refractivity contribution in [2.75, 3.05) is 19.0 Å². The number of anilines is 1. The van der Waals surface area contributed by atoms with E-state index in [-0.39, 0.29) is 11.9 Å². The maximum atomic E-state index is 13.9. The van der Waals surface area contributed by atoms with Gasteiger partial charge in [0.1, 0.15) is 5.82 Å². The Morgan fingerprint density at radius 1 is 1.32 bits per heavy atom. The van der Waals surface area contributed by atoms with Crippen molar-refractivity contribution in [1.29, 1.82) is 0 Å². The van der Waals surface area contributed by atoms with Crippen LogP contribution in [0.4, 0.5) is 10.1 Å². The van der Waals surface area contributed by atoms with Gasteiger partial charge in [0.2, 0.25) is 0 Å². The van der Waals surface area contributed by atoms with Crippen molar-refractivity contribution in [2.45, 2.75) is 19.5 Å². The highest BCUT2D eigenvalue weighted by Gasteiger charge is 2.17. The molecule has 2 rings (SSSR count). The predicted molar refractivity (Wildman–Crippen MR) is 80.3 cm³/mol. The summed E-state index contributed by atoms with van der Waals surface area (Å²) in [6, 6.07) is 9.64. The lowest BCUT2D eigenvalue weighted by Crippen LogP contribution is -2.23. The number of hydrogen-bond acceptors (Lipinski definition) is 3. The summed E-state index contributed by atoms with van der Waals surface area (Å²) in [6.07, 6.45) is 0. The van der Waals surface area contributed by atoms with E-state index in [9.17, 15) is 4.39 Å². The second kappa shape index (κ2) is 6.17. The minimum atomic E-state index is -0.155. The predicted octanol–water partition coefficient (Wildman–Crippen LogP) is 3.80. The molecule has 102 valence electrons. The number of rotatable bonds is 5. The largest absolute Gasteiger partial charge is 0.367 e. The van der Waals surface area contributed by atoms with Gasteiger partial charge in [0.15, 0.2) is 0 Å². The molecule has 0 aliphatic heterocycles. The first-order chi connectivity index (χ1) is 9.15. The molecule has 1 atom stereocenters. The molecule has 0 fully saturated rings. The molecule has 0 aliphatic carbocycles. The molecule has 19 heavy (non-hydrogen) atoms. The van der Waals surface area contributed by atoms with E-state index in [1.54, 1.807) is 17.4 Å². The zero-order valence-electron chi connectivity index (χ0n) is 11.5. The van der Waals surface area contributed by atoms with Gasteiger partial charge in [-0.05, 0) is 37.6 Å². The highest BCUT2D eigenvalue weighted by Crippen LogP contribution is 2.31. The van der Waals surface area contributed by atoms with Gasteiger partial charge in [-0.3, -0.25) is 0 Å². The van der Waals surface area contributed by atoms with E-state index in [0.29, 0.717) is 6.54 Å². The summed E-state index contributed by atoms with van der Waals surface area (Å²) in [5.41, 5.74) is 1.66. The SMILES string of the molecule is CNCc1c(F)cccc1N(C)C(C)c1cccs1. The lowest BCUT2D eigenvalue weighted by molar-refractivity contribution is 0.597. The molecule has 1 aromatic carbocycles. The van der Waals surface area contributed by atoms with Gasteiger partial charge in [0.05, 0.1) is 6.04 Å². The summed E-state index contributed by atoms with van der Waals surface area (Å²) in [6.45, 7) is 2.67. The van der Waals surface area contributed by atoms with Gasteiger partial charge in [-0.25, -0.2) is 4.39 Å². The Hall–Kier alpha value is -1.39. The summed E-state index contributed by atoms with van der Waals surface area (Å²) >= 11 is 1.73. The molecule has 1 heterocycles. The summed E-state index contributed by atoms with van der Waals surface area (Å²) in [5.74, 6) is -0.155. The minimum Gasteiger partial charge on any atom is -0.367 e. The van der Waals surface area contributed by atoms with Gasteiger partial charge in [0, 0.05) is 29.7 Å². The molecule has 0 bridgehead atoms. The second-order valence-corrected chi connectivity index (χ2v) is 5.55. The van der Waals surface area contributed by atoms with Crippen molar-refractivity contribution in [3.63, 3.8) is 0 Å². The number of nitrogens with zero attached hydrogens (tertiary/aromatic N) is 1. The number of halogens is 1. The topological polar surface area (TPSA) is 15.3 Å². The van der Waals surface area contributed by atoms with E-state index < -0.39 is 0 Å². The van der Waals surface area contributed by atoms with Gasteiger partial charge in [-0.15, -0.1) is 11.3 Å². The first-order valence-electron chi connectivity index (χ1n) is 6.33. The standard InChI is InChI=1S/C15H19FN2S/c1-11(15-8-5-9-19-15)18(3)14-7-4-6-13(16)12(14)10-17-2/h4-9,11,17H,10H2,1-3H3. The van der Waals surface area contributed by atoms with Crippen LogP contribution in [-0.4, -0.2) is 14.1 Å². The second-order valence-electron chi connectivity index (χ2n) is 4.57. The van der Waals surface area contributed by atoms with Crippen LogP contribution in [0.25, 0.3) is 0 Å². The van der Waals surface area contributed by atoms with Crippen molar-refractivity contribution in [1.82, 2.24) is 5.32 Å². The van der Waals surface area contributed by atoms with Gasteiger partial charge in [-0.1, -0.05) is 12.1 Å². The van der Waals surface area contributed by atoms with Crippen LogP contribution in [0.5, 0.6) is 0 Å². The Bertz CT molecular complexity index is 525. The van der Waals surface area contributed by atoms with E-state index >= 15 is 0 Å². The Kier molecular flexibility index (Phi) is 4.56. The lowest BCUT2D eigenvalue weighted by atomic mass is 10.1. The van der Waals surface area contributed by atoms with Crippen LogP contribution in [0, 0.1) is 5.82 Å². The Balaban J connectivity index is 2.33. The van der Waals surface area contributed by atoms with E-state index in [4.69, 9.17) is 0 Å². The molecule has 4 heteroatoms. The van der Waals surface area contributed by atoms with E-state index in [1.165, 1.54) is 10.9 Å². The van der Waals surface area contributed by atoms with Crippen molar-refractivity contribution >= 4 is 17.0 Å². The van der Waals surface area contributed by atoms with Crippen LogP contribution < -0.4 is 10.2 Å². The summed E-state index contributed by atoms with van der Waals surface area (Å²) in [4.78, 5) is 3.41. The number of nitrogens with one attached hydrogen (secondary N) is 1. The number of hydrogen-bond donors (Lipinski definition) is 1. The van der Waals surface area contributed by atoms with Gasteiger partial charge < -0.3 is 10.2 Å². The van der Waals surface area contributed by atoms with Gasteiger partial charge in [0.25, 0.3) is 0 Å². The van der Waals surface area contributed by atoms with Crippen LogP contribution in [0.1, 0.15) is 23.4 Å². The molecule has 2 aromatic rings. The van der Waals surface area contributed by atoms with Crippen molar-refractivity contribution in [2.24, 2.45) is 0 Å². The third-order valence-electron chi connectivity index (χ3n) is 3.36. The zero-order valence-corrected chi connectivity index (χ0v) is 12.3. The van der Waals surface area contributed by atoms with Crippen molar-refractivity contribution < 1.29 is 4.39 Å². The fourth-order valence-electron chi connectivity index (χ4n) is 2.16. The van der Waals surface area contributed by atoms with Crippen LogP contribution in [0.15, 0.2) is 35.7 Å². The fourth-order valence-corrected chi connectivity index (χ4v) is 2.98. The maximum absolute atomic E-state index is 13.9. The molecule has 0 aliphatic rings. The summed E-state index contributed by atoms with van der Waals surface area (Å²) < 4.78 is 13.9. The smallest absolute Gasteiger partial charge is 0.129 e. The number of benzene rings is 1. The van der Waals surface area contributed by atoms with Crippen LogP contribution in [0.2, 0.25) is 0 Å². The minimum absolute atomic E-state index is 0.155. The van der Waals surface area contributed by atoms with Gasteiger partial charge >= 0.3 is 0 Å². The number of thiophene rings is 1. The van der Waals surface area contributed by atoms with Crippen molar-refractivity contribution in [3.05, 3.63) is 52.0 Å². The highest BCUT2D eigenvalue weighted by molar-refractivity contribution is 7.10. The molecule has 1 unspecified atom stereocenters. The Morgan fingerprint density at radius 2 is 2.11 bits per heavy atom. The average molecular weight is 278 g/mol.